The summed E-state index contributed by atoms with van der Waals surface area (Å²) >= 11 is 0. The number of methoxy groups -OCH3 is 3. The molecule has 0 saturated heterocycles. The molecule has 4 aromatic rings. The van der Waals surface area contributed by atoms with Gasteiger partial charge in [-0.25, -0.2) is 8.42 Å². The lowest BCUT2D eigenvalue weighted by Crippen LogP contribution is -2.42. The number of nitrogens with one attached hydrogen (secondary N) is 1. The van der Waals surface area contributed by atoms with E-state index in [9.17, 15) is 13.2 Å². The fourth-order valence-electron chi connectivity index (χ4n) is 4.15. The van der Waals surface area contributed by atoms with Gasteiger partial charge < -0.3 is 19.5 Å². The minimum Gasteiger partial charge on any atom is -0.497 e. The number of sulfonamides is 1. The molecule has 202 valence electrons. The molecule has 4 rings (SSSR count). The van der Waals surface area contributed by atoms with Gasteiger partial charge in [-0.2, -0.15) is 0 Å². The molecule has 1 N–H and O–H groups in total. The molecule has 9 heteroatoms. The number of hydrogen-bond donors (Lipinski definition) is 1. The molecule has 0 unspecified atom stereocenters. The first-order valence-corrected chi connectivity index (χ1v) is 13.6. The average Bonchev–Trinajstić information content (AvgIpc) is 2.99. The van der Waals surface area contributed by atoms with Crippen LogP contribution in [-0.2, 0) is 14.8 Å². The van der Waals surface area contributed by atoms with Gasteiger partial charge in [0.2, 0.25) is 5.91 Å². The quantitative estimate of drug-likeness (QED) is 0.290. The molecular formula is C30H30N2O6S. The molecule has 4 aromatic carbocycles. The van der Waals surface area contributed by atoms with E-state index in [1.54, 1.807) is 24.3 Å². The maximum atomic E-state index is 13.9. The SMILES string of the molecule is COc1ccc(N(CC(=O)NC(c2ccccc2)c2ccccc2)S(=O)(=O)c2ccc(OC)c(OC)c2)cc1. The van der Waals surface area contributed by atoms with Gasteiger partial charge in [-0.3, -0.25) is 9.10 Å². The molecule has 0 aliphatic carbocycles. The standard InChI is InChI=1S/C30H30N2O6S/c1-36-25-16-14-24(15-17-25)32(39(34,35)26-18-19-27(37-2)28(20-26)38-3)21-29(33)31-30(22-10-6-4-7-11-22)23-12-8-5-9-13-23/h4-20,30H,21H2,1-3H3,(H,31,33). The molecule has 1 amide bonds. The highest BCUT2D eigenvalue weighted by Crippen LogP contribution is 2.33. The van der Waals surface area contributed by atoms with Crippen molar-refractivity contribution in [3.05, 3.63) is 114 Å². The predicted molar refractivity (Wildman–Crippen MR) is 150 cm³/mol. The highest BCUT2D eigenvalue weighted by Gasteiger charge is 2.29. The second kappa shape index (κ2) is 12.4. The van der Waals surface area contributed by atoms with E-state index in [0.717, 1.165) is 15.4 Å². The summed E-state index contributed by atoms with van der Waals surface area (Å²) in [5, 5.41) is 3.02. The van der Waals surface area contributed by atoms with Crippen molar-refractivity contribution >= 4 is 21.6 Å². The molecule has 0 bridgehead atoms. The number of rotatable bonds is 11. The number of carbonyl (C=O) groups excluding carboxylic acids is 1. The normalized spacial score (nSPS) is 11.1. The van der Waals surface area contributed by atoms with Crippen molar-refractivity contribution in [3.63, 3.8) is 0 Å². The van der Waals surface area contributed by atoms with Crippen LogP contribution in [-0.4, -0.2) is 42.2 Å². The first kappa shape index (κ1) is 27.5. The summed E-state index contributed by atoms with van der Waals surface area (Å²) in [6.07, 6.45) is 0. The first-order valence-electron chi connectivity index (χ1n) is 12.2. The highest BCUT2D eigenvalue weighted by molar-refractivity contribution is 7.92. The van der Waals surface area contributed by atoms with Crippen molar-refractivity contribution in [2.75, 3.05) is 32.2 Å². The van der Waals surface area contributed by atoms with Crippen LogP contribution in [0.15, 0.2) is 108 Å². The van der Waals surface area contributed by atoms with E-state index < -0.39 is 28.5 Å². The third-order valence-corrected chi connectivity index (χ3v) is 7.93. The zero-order valence-corrected chi connectivity index (χ0v) is 22.7. The second-order valence-electron chi connectivity index (χ2n) is 8.55. The maximum absolute atomic E-state index is 13.9. The minimum atomic E-state index is -4.20. The van der Waals surface area contributed by atoms with Crippen LogP contribution in [0.25, 0.3) is 0 Å². The topological polar surface area (TPSA) is 94.2 Å². The molecule has 8 nitrogen and oxygen atoms in total. The number of hydrogen-bond acceptors (Lipinski definition) is 6. The van der Waals surface area contributed by atoms with E-state index >= 15 is 0 Å². The Labute approximate surface area is 228 Å². The average molecular weight is 547 g/mol. The Bertz CT molecular complexity index is 1450. The zero-order valence-electron chi connectivity index (χ0n) is 21.9. The summed E-state index contributed by atoms with van der Waals surface area (Å²) in [7, 11) is 0.221. The largest absolute Gasteiger partial charge is 0.497 e. The van der Waals surface area contributed by atoms with Crippen molar-refractivity contribution in [2.45, 2.75) is 10.9 Å². The second-order valence-corrected chi connectivity index (χ2v) is 10.4. The molecule has 0 aliphatic rings. The van der Waals surface area contributed by atoms with Crippen LogP contribution < -0.4 is 23.8 Å². The van der Waals surface area contributed by atoms with E-state index in [0.29, 0.717) is 17.2 Å². The Morgan fingerprint density at radius 2 is 1.31 bits per heavy atom. The van der Waals surface area contributed by atoms with Crippen LogP contribution in [0.3, 0.4) is 0 Å². The predicted octanol–water partition coefficient (Wildman–Crippen LogP) is 4.81. The van der Waals surface area contributed by atoms with Crippen LogP contribution in [0.1, 0.15) is 17.2 Å². The number of ether oxygens (including phenoxy) is 3. The van der Waals surface area contributed by atoms with E-state index in [1.165, 1.54) is 39.5 Å². The van der Waals surface area contributed by atoms with E-state index in [2.05, 4.69) is 5.32 Å². The van der Waals surface area contributed by atoms with Gasteiger partial charge in [0.1, 0.15) is 12.3 Å². The van der Waals surface area contributed by atoms with Crippen LogP contribution in [0.5, 0.6) is 17.2 Å². The van der Waals surface area contributed by atoms with Gasteiger partial charge in [0, 0.05) is 6.07 Å². The van der Waals surface area contributed by atoms with Gasteiger partial charge >= 0.3 is 0 Å². The van der Waals surface area contributed by atoms with E-state index in [4.69, 9.17) is 14.2 Å². The fourth-order valence-corrected chi connectivity index (χ4v) is 5.59. The van der Waals surface area contributed by atoms with E-state index in [1.807, 2.05) is 60.7 Å². The first-order chi connectivity index (χ1) is 18.9. The fraction of sp³-hybridized carbons (Fsp3) is 0.167. The van der Waals surface area contributed by atoms with Gasteiger partial charge in [0.25, 0.3) is 10.0 Å². The van der Waals surface area contributed by atoms with Crippen LogP contribution in [0, 0.1) is 0 Å². The molecule has 0 atom stereocenters. The molecular weight excluding hydrogens is 516 g/mol. The lowest BCUT2D eigenvalue weighted by molar-refractivity contribution is -0.120. The summed E-state index contributed by atoms with van der Waals surface area (Å²) < 4.78 is 44.7. The number of amides is 1. The third-order valence-electron chi connectivity index (χ3n) is 6.16. The van der Waals surface area contributed by atoms with Crippen molar-refractivity contribution in [3.8, 4) is 17.2 Å². The molecule has 0 aliphatic heterocycles. The Morgan fingerprint density at radius 1 is 0.744 bits per heavy atom. The van der Waals surface area contributed by atoms with Gasteiger partial charge in [-0.1, -0.05) is 60.7 Å². The van der Waals surface area contributed by atoms with Crippen molar-refractivity contribution in [2.24, 2.45) is 0 Å². The number of anilines is 1. The molecule has 0 aromatic heterocycles. The Balaban J connectivity index is 1.71. The maximum Gasteiger partial charge on any atom is 0.264 e. The van der Waals surface area contributed by atoms with Gasteiger partial charge in [-0.15, -0.1) is 0 Å². The van der Waals surface area contributed by atoms with Gasteiger partial charge in [0.15, 0.2) is 11.5 Å². The summed E-state index contributed by atoms with van der Waals surface area (Å²) in [5.74, 6) is 0.720. The molecule has 0 radical (unpaired) electrons. The highest BCUT2D eigenvalue weighted by atomic mass is 32.2. The number of carbonyl (C=O) groups is 1. The minimum absolute atomic E-state index is 0.0496. The third kappa shape index (κ3) is 6.32. The van der Waals surface area contributed by atoms with Crippen molar-refractivity contribution < 1.29 is 27.4 Å². The lowest BCUT2D eigenvalue weighted by atomic mass is 9.99. The summed E-state index contributed by atoms with van der Waals surface area (Å²) in [6.45, 7) is -0.459. The summed E-state index contributed by atoms with van der Waals surface area (Å²) in [5.41, 5.74) is 2.04. The molecule has 0 spiro atoms. The smallest absolute Gasteiger partial charge is 0.264 e. The lowest BCUT2D eigenvalue weighted by Gasteiger charge is -2.26. The van der Waals surface area contributed by atoms with Crippen LogP contribution in [0.4, 0.5) is 5.69 Å². The Kier molecular flexibility index (Phi) is 8.73. The van der Waals surface area contributed by atoms with Crippen molar-refractivity contribution in [1.29, 1.82) is 0 Å². The molecule has 39 heavy (non-hydrogen) atoms. The molecule has 0 fully saturated rings. The Morgan fingerprint density at radius 3 is 1.82 bits per heavy atom. The number of benzene rings is 4. The molecule has 0 heterocycles. The zero-order chi connectivity index (χ0) is 27.8. The molecule has 0 saturated carbocycles. The number of nitrogens with zero attached hydrogens (tertiary/aromatic N) is 1. The Hall–Kier alpha value is -4.50. The summed E-state index contributed by atoms with van der Waals surface area (Å²) in [6, 6.07) is 29.3. The van der Waals surface area contributed by atoms with Crippen molar-refractivity contribution in [1.82, 2.24) is 5.32 Å². The summed E-state index contributed by atoms with van der Waals surface area (Å²) in [4.78, 5) is 13.5. The van der Waals surface area contributed by atoms with Crippen LogP contribution in [0.2, 0.25) is 0 Å². The van der Waals surface area contributed by atoms with E-state index in [-0.39, 0.29) is 10.6 Å². The monoisotopic (exact) mass is 546 g/mol. The van der Waals surface area contributed by atoms with Gasteiger partial charge in [0.05, 0.1) is 38.0 Å². The van der Waals surface area contributed by atoms with Gasteiger partial charge in [-0.05, 0) is 47.5 Å². The van der Waals surface area contributed by atoms with Crippen LogP contribution >= 0.6 is 0 Å².